The van der Waals surface area contributed by atoms with Crippen molar-refractivity contribution in [2.24, 2.45) is 0 Å². The van der Waals surface area contributed by atoms with Gasteiger partial charge in [-0.15, -0.1) is 0 Å². The highest BCUT2D eigenvalue weighted by Gasteiger charge is 2.46. The van der Waals surface area contributed by atoms with Crippen LogP contribution in [0.15, 0.2) is 95.9 Å². The molecule has 0 saturated carbocycles. The van der Waals surface area contributed by atoms with Gasteiger partial charge in [-0.05, 0) is 37.3 Å². The van der Waals surface area contributed by atoms with Crippen LogP contribution in [-0.4, -0.2) is 25.3 Å². The van der Waals surface area contributed by atoms with E-state index in [1.807, 2.05) is 0 Å². The van der Waals surface area contributed by atoms with Gasteiger partial charge in [-0.2, -0.15) is 34.8 Å². The van der Waals surface area contributed by atoms with Gasteiger partial charge in [-0.25, -0.2) is 0 Å². The van der Waals surface area contributed by atoms with Crippen molar-refractivity contribution >= 4 is 10.1 Å². The second kappa shape index (κ2) is 13.1. The molecule has 0 aromatic heterocycles. The maximum absolute atomic E-state index is 14.5. The summed E-state index contributed by atoms with van der Waals surface area (Å²) < 4.78 is 134. The van der Waals surface area contributed by atoms with Crippen molar-refractivity contribution in [3.63, 3.8) is 0 Å². The lowest BCUT2D eigenvalue weighted by atomic mass is 9.89. The Morgan fingerprint density at radius 3 is 1.40 bits per heavy atom. The summed E-state index contributed by atoms with van der Waals surface area (Å²) in [5.74, 6) is -1.86. The van der Waals surface area contributed by atoms with Gasteiger partial charge in [-0.1, -0.05) is 97.9 Å². The normalized spacial score (nSPS) is 14.4. The molecule has 240 valence electrons. The summed E-state index contributed by atoms with van der Waals surface area (Å²) >= 11 is 0. The van der Waals surface area contributed by atoms with Gasteiger partial charge in [0.15, 0.2) is 0 Å². The van der Waals surface area contributed by atoms with Gasteiger partial charge in [0, 0.05) is 22.3 Å². The van der Waals surface area contributed by atoms with Crippen molar-refractivity contribution in [1.29, 1.82) is 0 Å². The molecule has 0 aliphatic carbocycles. The zero-order valence-electron chi connectivity index (χ0n) is 24.4. The first-order valence-electron chi connectivity index (χ1n) is 13.7. The molecule has 1 N–H and O–H groups in total. The molecule has 4 aromatic carbocycles. The molecule has 0 aliphatic heterocycles. The standard InChI is InChI=1S/C33H30F6O5S/c1-20(23-13-7-4-8-14-23)19-26-21(2)27(43-30(32(34,35)36)24-15-9-5-10-16-24)22(3)29(45(40,41)42)28(26)44-31(33(37,38)39)25-17-11-6-12-18-25/h4-18,20,30-31H,19H2,1-3H3,(H,40,41,42). The predicted molar refractivity (Wildman–Crippen MR) is 156 cm³/mol. The number of hydrogen-bond donors (Lipinski definition) is 1. The zero-order chi connectivity index (χ0) is 33.2. The van der Waals surface area contributed by atoms with Gasteiger partial charge in [0.05, 0.1) is 0 Å². The Kier molecular flexibility index (Phi) is 9.88. The molecule has 4 rings (SSSR count). The number of alkyl halides is 6. The molecule has 0 bridgehead atoms. The van der Waals surface area contributed by atoms with Crippen LogP contribution in [-0.2, 0) is 16.5 Å². The third-order valence-electron chi connectivity index (χ3n) is 7.36. The minimum Gasteiger partial charge on any atom is -0.476 e. The SMILES string of the molecule is Cc1c(CC(C)c2ccccc2)c(OC(c2ccccc2)C(F)(F)F)c(S(=O)(=O)O)c(C)c1OC(c1ccccc1)C(F)(F)F. The molecule has 5 nitrogen and oxygen atoms in total. The smallest absolute Gasteiger partial charge is 0.429 e. The Balaban J connectivity index is 2.01. The summed E-state index contributed by atoms with van der Waals surface area (Å²) in [6.07, 6.45) is -15.4. The molecule has 0 amide bonds. The lowest BCUT2D eigenvalue weighted by Crippen LogP contribution is -2.29. The molecule has 0 fully saturated rings. The monoisotopic (exact) mass is 652 g/mol. The summed E-state index contributed by atoms with van der Waals surface area (Å²) in [5.41, 5.74) is -0.716. The van der Waals surface area contributed by atoms with Crippen LogP contribution in [0.25, 0.3) is 0 Å². The highest BCUT2D eigenvalue weighted by atomic mass is 32.2. The summed E-state index contributed by atoms with van der Waals surface area (Å²) in [4.78, 5) is -1.11. The Morgan fingerprint density at radius 1 is 0.644 bits per heavy atom. The average molecular weight is 653 g/mol. The van der Waals surface area contributed by atoms with E-state index in [0.717, 1.165) is 19.1 Å². The average Bonchev–Trinajstić information content (AvgIpc) is 2.97. The number of hydrogen-bond acceptors (Lipinski definition) is 4. The minimum absolute atomic E-state index is 0.0724. The van der Waals surface area contributed by atoms with E-state index in [1.165, 1.54) is 55.5 Å². The molecule has 3 atom stereocenters. The Hall–Kier alpha value is -4.03. The molecule has 12 heteroatoms. The predicted octanol–water partition coefficient (Wildman–Crippen LogP) is 9.26. The first-order valence-corrected chi connectivity index (χ1v) is 15.2. The first-order chi connectivity index (χ1) is 21.0. The van der Waals surface area contributed by atoms with Gasteiger partial charge in [-0.3, -0.25) is 4.55 Å². The van der Waals surface area contributed by atoms with E-state index in [9.17, 15) is 39.3 Å². The lowest BCUT2D eigenvalue weighted by Gasteiger charge is -2.30. The minimum atomic E-state index is -5.39. The van der Waals surface area contributed by atoms with E-state index in [0.29, 0.717) is 5.56 Å². The van der Waals surface area contributed by atoms with Crippen LogP contribution in [0.2, 0.25) is 0 Å². The van der Waals surface area contributed by atoms with E-state index in [1.54, 1.807) is 37.3 Å². The molecule has 0 aliphatic rings. The summed E-state index contributed by atoms with van der Waals surface area (Å²) in [5, 5.41) is 0. The van der Waals surface area contributed by atoms with Crippen molar-refractivity contribution in [1.82, 2.24) is 0 Å². The van der Waals surface area contributed by atoms with Gasteiger partial charge in [0.1, 0.15) is 16.4 Å². The zero-order valence-corrected chi connectivity index (χ0v) is 25.2. The molecule has 4 aromatic rings. The van der Waals surface area contributed by atoms with Gasteiger partial charge >= 0.3 is 12.4 Å². The van der Waals surface area contributed by atoms with Crippen LogP contribution < -0.4 is 9.47 Å². The molecule has 0 saturated heterocycles. The second-order valence-electron chi connectivity index (χ2n) is 10.6. The summed E-state index contributed by atoms with van der Waals surface area (Å²) in [6, 6.07) is 21.7. The maximum atomic E-state index is 14.5. The van der Waals surface area contributed by atoms with E-state index in [4.69, 9.17) is 9.47 Å². The quantitative estimate of drug-likeness (QED) is 0.137. The fourth-order valence-electron chi connectivity index (χ4n) is 5.20. The third-order valence-corrected chi connectivity index (χ3v) is 8.37. The van der Waals surface area contributed by atoms with Crippen molar-refractivity contribution in [2.45, 2.75) is 62.6 Å². The van der Waals surface area contributed by atoms with E-state index in [2.05, 4.69) is 0 Å². The van der Waals surface area contributed by atoms with Crippen LogP contribution in [0.1, 0.15) is 58.4 Å². The summed E-state index contributed by atoms with van der Waals surface area (Å²) in [7, 11) is -5.39. The second-order valence-corrected chi connectivity index (χ2v) is 12.0. The number of ether oxygens (including phenoxy) is 2. The lowest BCUT2D eigenvalue weighted by molar-refractivity contribution is -0.199. The van der Waals surface area contributed by atoms with E-state index >= 15 is 0 Å². The highest BCUT2D eigenvalue weighted by molar-refractivity contribution is 7.86. The Morgan fingerprint density at radius 2 is 1.02 bits per heavy atom. The van der Waals surface area contributed by atoms with E-state index < -0.39 is 62.6 Å². The fraction of sp³-hybridized carbons (Fsp3) is 0.273. The number of benzene rings is 4. The highest BCUT2D eigenvalue weighted by Crippen LogP contribution is 2.48. The van der Waals surface area contributed by atoms with Crippen LogP contribution in [0.3, 0.4) is 0 Å². The molecule has 3 unspecified atom stereocenters. The topological polar surface area (TPSA) is 72.8 Å². The van der Waals surface area contributed by atoms with Crippen molar-refractivity contribution in [3.05, 3.63) is 124 Å². The van der Waals surface area contributed by atoms with Crippen molar-refractivity contribution in [2.75, 3.05) is 0 Å². The van der Waals surface area contributed by atoms with Crippen LogP contribution in [0, 0.1) is 13.8 Å². The largest absolute Gasteiger partial charge is 0.476 e. The van der Waals surface area contributed by atoms with Crippen molar-refractivity contribution < 1.29 is 48.8 Å². The summed E-state index contributed by atoms with van der Waals surface area (Å²) in [6.45, 7) is 4.08. The van der Waals surface area contributed by atoms with Gasteiger partial charge in [0.2, 0.25) is 12.2 Å². The number of halogens is 6. The number of rotatable bonds is 10. The van der Waals surface area contributed by atoms with Crippen LogP contribution in [0.4, 0.5) is 26.3 Å². The van der Waals surface area contributed by atoms with Crippen LogP contribution >= 0.6 is 0 Å². The molecular formula is C33H30F6O5S. The fourth-order valence-corrected chi connectivity index (χ4v) is 6.09. The molecule has 0 radical (unpaired) electrons. The molecule has 0 heterocycles. The Labute approximate surface area is 257 Å². The first kappa shape index (κ1) is 33.9. The molecule has 45 heavy (non-hydrogen) atoms. The van der Waals surface area contributed by atoms with Gasteiger partial charge in [0.25, 0.3) is 10.1 Å². The van der Waals surface area contributed by atoms with Crippen LogP contribution in [0.5, 0.6) is 11.5 Å². The molecular weight excluding hydrogens is 622 g/mol. The van der Waals surface area contributed by atoms with E-state index in [-0.39, 0.29) is 28.7 Å². The van der Waals surface area contributed by atoms with Gasteiger partial charge < -0.3 is 9.47 Å². The Bertz CT molecular complexity index is 1710. The maximum Gasteiger partial charge on any atom is 0.429 e. The molecule has 0 spiro atoms. The third kappa shape index (κ3) is 7.80. The van der Waals surface area contributed by atoms with Crippen molar-refractivity contribution in [3.8, 4) is 11.5 Å².